The number of piperidine rings is 1. The smallest absolute Gasteiger partial charge is 0.0158 e. The molecular formula is C16H28N2. The first kappa shape index (κ1) is 11.7. The lowest BCUT2D eigenvalue weighted by molar-refractivity contribution is 0.0486. The van der Waals surface area contributed by atoms with Gasteiger partial charge in [0.05, 0.1) is 0 Å². The molecule has 2 heteroatoms. The highest BCUT2D eigenvalue weighted by molar-refractivity contribution is 5.06. The van der Waals surface area contributed by atoms with Crippen LogP contribution in [0.25, 0.3) is 0 Å². The predicted molar refractivity (Wildman–Crippen MR) is 74.6 cm³/mol. The minimum Gasteiger partial charge on any atom is -0.314 e. The highest BCUT2D eigenvalue weighted by Crippen LogP contribution is 2.51. The molecule has 2 aliphatic carbocycles. The standard InChI is InChI=1S/C16H28N2/c1-2-17-13-9-14-7-8-15(10-13)18(14)16(11-3-4-11)12-5-6-12/h11-17H,2-10H2,1H3. The maximum atomic E-state index is 3.71. The summed E-state index contributed by atoms with van der Waals surface area (Å²) in [5.41, 5.74) is 0. The Morgan fingerprint density at radius 3 is 1.94 bits per heavy atom. The molecule has 2 nitrogen and oxygen atoms in total. The monoisotopic (exact) mass is 248 g/mol. The van der Waals surface area contributed by atoms with Crippen LogP contribution in [-0.2, 0) is 0 Å². The normalized spacial score (nSPS) is 40.7. The Morgan fingerprint density at radius 1 is 0.944 bits per heavy atom. The third-order valence-electron chi connectivity index (χ3n) is 5.84. The van der Waals surface area contributed by atoms with Gasteiger partial charge < -0.3 is 5.32 Å². The average Bonchev–Trinajstić information content (AvgIpc) is 3.24. The molecule has 2 aliphatic heterocycles. The van der Waals surface area contributed by atoms with Crippen molar-refractivity contribution in [3.8, 4) is 0 Å². The van der Waals surface area contributed by atoms with Crippen LogP contribution in [0.3, 0.4) is 0 Å². The van der Waals surface area contributed by atoms with Crippen molar-refractivity contribution in [1.82, 2.24) is 10.2 Å². The van der Waals surface area contributed by atoms with Gasteiger partial charge >= 0.3 is 0 Å². The molecule has 2 saturated carbocycles. The Kier molecular flexibility index (Phi) is 2.92. The molecule has 0 aromatic heterocycles. The lowest BCUT2D eigenvalue weighted by atomic mass is 9.92. The van der Waals surface area contributed by atoms with E-state index >= 15 is 0 Å². The average molecular weight is 248 g/mol. The zero-order chi connectivity index (χ0) is 12.1. The van der Waals surface area contributed by atoms with E-state index < -0.39 is 0 Å². The lowest BCUT2D eigenvalue weighted by Gasteiger charge is -2.44. The molecule has 2 bridgehead atoms. The summed E-state index contributed by atoms with van der Waals surface area (Å²) in [5.74, 6) is 2.19. The van der Waals surface area contributed by atoms with E-state index in [0.717, 1.165) is 42.5 Å². The van der Waals surface area contributed by atoms with Crippen LogP contribution in [0.2, 0.25) is 0 Å². The lowest BCUT2D eigenvalue weighted by Crippen LogP contribution is -2.54. The zero-order valence-corrected chi connectivity index (χ0v) is 11.8. The number of fused-ring (bicyclic) bond motifs is 2. The van der Waals surface area contributed by atoms with Crippen molar-refractivity contribution in [2.75, 3.05) is 6.54 Å². The van der Waals surface area contributed by atoms with Gasteiger partial charge in [0.15, 0.2) is 0 Å². The van der Waals surface area contributed by atoms with Crippen LogP contribution in [0.15, 0.2) is 0 Å². The largest absolute Gasteiger partial charge is 0.314 e. The maximum absolute atomic E-state index is 3.71. The Hall–Kier alpha value is -0.0800. The summed E-state index contributed by atoms with van der Waals surface area (Å²) in [6, 6.07) is 3.69. The quantitative estimate of drug-likeness (QED) is 0.805. The summed E-state index contributed by atoms with van der Waals surface area (Å²) in [6.45, 7) is 3.41. The van der Waals surface area contributed by atoms with Crippen molar-refractivity contribution < 1.29 is 0 Å². The van der Waals surface area contributed by atoms with Gasteiger partial charge in [-0.1, -0.05) is 6.92 Å². The fraction of sp³-hybridized carbons (Fsp3) is 1.00. The van der Waals surface area contributed by atoms with Gasteiger partial charge in [-0.25, -0.2) is 0 Å². The van der Waals surface area contributed by atoms with Gasteiger partial charge in [-0.15, -0.1) is 0 Å². The van der Waals surface area contributed by atoms with Gasteiger partial charge in [0.25, 0.3) is 0 Å². The zero-order valence-electron chi connectivity index (χ0n) is 11.8. The molecule has 0 aromatic carbocycles. The Labute approximate surface area is 111 Å². The second-order valence-corrected chi connectivity index (χ2v) is 7.22. The molecular weight excluding hydrogens is 220 g/mol. The van der Waals surface area contributed by atoms with E-state index in [-0.39, 0.29) is 0 Å². The van der Waals surface area contributed by atoms with Crippen molar-refractivity contribution in [1.29, 1.82) is 0 Å². The molecule has 1 N–H and O–H groups in total. The van der Waals surface area contributed by atoms with Gasteiger partial charge in [-0.05, 0) is 69.7 Å². The molecule has 2 unspecified atom stereocenters. The molecule has 4 rings (SSSR count). The summed E-state index contributed by atoms with van der Waals surface area (Å²) in [4.78, 5) is 3.03. The summed E-state index contributed by atoms with van der Waals surface area (Å²) in [6.07, 6.45) is 12.0. The highest BCUT2D eigenvalue weighted by atomic mass is 15.3. The molecule has 0 aromatic rings. The van der Waals surface area contributed by atoms with E-state index in [2.05, 4.69) is 17.1 Å². The van der Waals surface area contributed by atoms with Gasteiger partial charge in [0, 0.05) is 24.2 Å². The molecule has 4 aliphatic rings. The summed E-state index contributed by atoms with van der Waals surface area (Å²) >= 11 is 0. The highest BCUT2D eigenvalue weighted by Gasteiger charge is 2.52. The van der Waals surface area contributed by atoms with Crippen LogP contribution in [-0.4, -0.2) is 35.6 Å². The Bertz CT molecular complexity index is 282. The number of nitrogens with one attached hydrogen (secondary N) is 1. The van der Waals surface area contributed by atoms with Crippen molar-refractivity contribution >= 4 is 0 Å². The van der Waals surface area contributed by atoms with Crippen LogP contribution in [0.1, 0.15) is 58.3 Å². The third kappa shape index (κ3) is 2.02. The van der Waals surface area contributed by atoms with E-state index in [1.807, 2.05) is 0 Å². The van der Waals surface area contributed by atoms with Crippen molar-refractivity contribution in [2.24, 2.45) is 11.8 Å². The third-order valence-corrected chi connectivity index (χ3v) is 5.84. The second kappa shape index (κ2) is 4.49. The molecule has 2 heterocycles. The molecule has 0 radical (unpaired) electrons. The minimum absolute atomic E-state index is 0.822. The van der Waals surface area contributed by atoms with Crippen LogP contribution in [0, 0.1) is 11.8 Å². The first-order valence-corrected chi connectivity index (χ1v) is 8.37. The van der Waals surface area contributed by atoms with Crippen LogP contribution < -0.4 is 5.32 Å². The fourth-order valence-corrected chi connectivity index (χ4v) is 4.90. The Morgan fingerprint density at radius 2 is 1.50 bits per heavy atom. The van der Waals surface area contributed by atoms with E-state index in [4.69, 9.17) is 0 Å². The van der Waals surface area contributed by atoms with Crippen molar-refractivity contribution in [3.63, 3.8) is 0 Å². The van der Waals surface area contributed by atoms with Gasteiger partial charge in [0.1, 0.15) is 0 Å². The maximum Gasteiger partial charge on any atom is 0.0158 e. The van der Waals surface area contributed by atoms with Gasteiger partial charge in [0.2, 0.25) is 0 Å². The van der Waals surface area contributed by atoms with Crippen molar-refractivity contribution in [2.45, 2.75) is 82.5 Å². The SMILES string of the molecule is CCNC1CC2CCC(C1)N2C(C1CC1)C1CC1. The second-order valence-electron chi connectivity index (χ2n) is 7.22. The minimum atomic E-state index is 0.822. The summed E-state index contributed by atoms with van der Waals surface area (Å²) < 4.78 is 0. The van der Waals surface area contributed by atoms with Crippen molar-refractivity contribution in [3.05, 3.63) is 0 Å². The molecule has 0 amide bonds. The number of rotatable bonds is 5. The van der Waals surface area contributed by atoms with E-state index in [1.165, 1.54) is 51.4 Å². The molecule has 0 spiro atoms. The van der Waals surface area contributed by atoms with Gasteiger partial charge in [-0.2, -0.15) is 0 Å². The number of hydrogen-bond acceptors (Lipinski definition) is 2. The van der Waals surface area contributed by atoms with Crippen LogP contribution in [0.4, 0.5) is 0 Å². The van der Waals surface area contributed by atoms with E-state index in [0.29, 0.717) is 0 Å². The molecule has 2 saturated heterocycles. The van der Waals surface area contributed by atoms with E-state index in [9.17, 15) is 0 Å². The molecule has 4 fully saturated rings. The molecule has 2 atom stereocenters. The summed E-state index contributed by atoms with van der Waals surface area (Å²) in [5, 5.41) is 3.71. The topological polar surface area (TPSA) is 15.3 Å². The van der Waals surface area contributed by atoms with E-state index in [1.54, 1.807) is 0 Å². The number of nitrogens with zero attached hydrogens (tertiary/aromatic N) is 1. The predicted octanol–water partition coefficient (Wildman–Crippen LogP) is 2.78. The van der Waals surface area contributed by atoms with Crippen LogP contribution in [0.5, 0.6) is 0 Å². The number of hydrogen-bond donors (Lipinski definition) is 1. The van der Waals surface area contributed by atoms with Crippen LogP contribution >= 0.6 is 0 Å². The summed E-state index contributed by atoms with van der Waals surface area (Å²) in [7, 11) is 0. The fourth-order valence-electron chi connectivity index (χ4n) is 4.90. The first-order chi connectivity index (χ1) is 8.86. The van der Waals surface area contributed by atoms with Gasteiger partial charge in [-0.3, -0.25) is 4.90 Å². The molecule has 102 valence electrons. The molecule has 18 heavy (non-hydrogen) atoms. The first-order valence-electron chi connectivity index (χ1n) is 8.37. The Balaban J connectivity index is 1.49.